The molecule has 3 aliphatic carbocycles. The van der Waals surface area contributed by atoms with Crippen molar-refractivity contribution in [3.63, 3.8) is 0 Å². The molecule has 3 aliphatic rings. The fourth-order valence-corrected chi connectivity index (χ4v) is 15.4. The average Bonchev–Trinajstić information content (AvgIpc) is 1.59. The van der Waals surface area contributed by atoms with Crippen LogP contribution in [0.1, 0.15) is 154 Å². The van der Waals surface area contributed by atoms with Gasteiger partial charge in [0.25, 0.3) is 0 Å². The van der Waals surface area contributed by atoms with Gasteiger partial charge in [-0.3, -0.25) is 4.98 Å². The van der Waals surface area contributed by atoms with Crippen LogP contribution in [0.25, 0.3) is 88.9 Å². The number of unbranched alkanes of at least 4 members (excludes halogenated alkanes) is 9. The number of benzene rings is 10. The van der Waals surface area contributed by atoms with E-state index in [-0.39, 0.29) is 25.5 Å². The monoisotopic (exact) mass is 1280 g/mol. The summed E-state index contributed by atoms with van der Waals surface area (Å²) in [4.78, 5) is 5.94. The molecule has 0 saturated heterocycles. The fourth-order valence-electron chi connectivity index (χ4n) is 15.4. The summed E-state index contributed by atoms with van der Waals surface area (Å²) in [6.45, 7) is 6.94. The molecule has 1 nitrogen and oxygen atoms in total. The van der Waals surface area contributed by atoms with Gasteiger partial charge in [0.05, 0.1) is 10.9 Å². The summed E-state index contributed by atoms with van der Waals surface area (Å²) in [5.74, 6) is 0. The van der Waals surface area contributed by atoms with Crippen molar-refractivity contribution in [3.8, 4) is 78.0 Å². The molecular weight excluding hydrogens is 1200 g/mol. The van der Waals surface area contributed by atoms with E-state index in [0.29, 0.717) is 0 Å². The van der Waals surface area contributed by atoms with Gasteiger partial charge in [-0.05, 0) is 156 Å². The molecule has 0 amide bonds. The van der Waals surface area contributed by atoms with Crippen LogP contribution in [0.15, 0.2) is 224 Å². The Morgan fingerprint density at radius 3 is 1.55 bits per heavy atom. The Morgan fingerprint density at radius 2 is 0.894 bits per heavy atom. The van der Waals surface area contributed by atoms with Gasteiger partial charge in [-0.25, -0.2) is 0 Å². The fraction of sp³-hybridized carbons (Fsp3) is 0.241. The molecule has 1 radical (unpaired) electrons. The van der Waals surface area contributed by atoms with Crippen LogP contribution in [0.3, 0.4) is 0 Å². The summed E-state index contributed by atoms with van der Waals surface area (Å²) in [6, 6.07) is 90.1. The van der Waals surface area contributed by atoms with Crippen LogP contribution in [0.5, 0.6) is 0 Å². The summed E-state index contributed by atoms with van der Waals surface area (Å²) in [5.41, 5.74) is 30.0. The van der Waals surface area contributed by atoms with E-state index in [9.17, 15) is 0 Å². The van der Waals surface area contributed by atoms with Gasteiger partial charge in [-0.1, -0.05) is 290 Å². The maximum atomic E-state index is 5.94. The van der Waals surface area contributed by atoms with Crippen LogP contribution in [0.2, 0.25) is 0 Å². The van der Waals surface area contributed by atoms with Crippen molar-refractivity contribution in [3.05, 3.63) is 281 Å². The number of nitrogens with zero attached hydrogens (tertiary/aromatic N) is 1. The van der Waals surface area contributed by atoms with Crippen LogP contribution in [-0.2, 0) is 43.8 Å². The molecule has 1 atom stereocenters. The molecule has 11 aromatic rings. The Balaban J connectivity index is 0.00000672. The summed E-state index contributed by atoms with van der Waals surface area (Å²) in [6.07, 6.45) is 18.0. The van der Waals surface area contributed by atoms with Crippen LogP contribution in [0.4, 0.5) is 0 Å². The number of aromatic nitrogens is 1. The standard InChI is InChI=1S/C83H76N.Ir/c1-4-7-10-15-28-57-42-45-67-68-46-43-58(29-16-11-8-5-2)52-75(68)83(74(67)51-57)73-41-24-21-38-66(73)69-47-44-63(55-76(69)83)78-49-48-71-79(84-78)56-77-81(70-39-22-23-40-72(70)82(77,50-25-12-9-6-3)65-36-19-14-20-37-65)80(71)64-35-27-34-62(54-64)61-33-26-32-60(53-61)59-30-17-13-18-31-59;/h13-14,17-24,26-27,30-43,45-49,51-56H,4-12,15-16,25,28-29,50H2,1-3H3;/q-1;. The Kier molecular flexibility index (Phi) is 16.1. The molecule has 85 heavy (non-hydrogen) atoms. The van der Waals surface area contributed by atoms with Gasteiger partial charge in [0.15, 0.2) is 0 Å². The normalized spacial score (nSPS) is 14.6. The van der Waals surface area contributed by atoms with E-state index in [0.717, 1.165) is 42.5 Å². The average molecular weight is 1280 g/mol. The number of hydrogen-bond acceptors (Lipinski definition) is 1. The minimum absolute atomic E-state index is 0. The van der Waals surface area contributed by atoms with Crippen LogP contribution in [0, 0.1) is 6.07 Å². The SMILES string of the molecule is CCCCCCc1ccc2c(c1)C1(c3ccccc3-c3c[c-]c(-c4ccc5c(-c6cccc(-c7cccc(-c8ccccc8)c7)c6)c6c(cc5n4)C(CCCCCC)(c4ccccc4)c4ccccc4-6)cc31)c1cc(CCCCCC)ccc1-2.[Ir]. The second kappa shape index (κ2) is 24.3. The maximum Gasteiger partial charge on any atom is 0.0605 e. The van der Waals surface area contributed by atoms with Gasteiger partial charge in [0.2, 0.25) is 0 Å². The molecular formula is C83H76IrN-. The number of rotatable bonds is 20. The molecule has 0 aliphatic heterocycles. The molecule has 14 rings (SSSR count). The molecule has 0 N–H and O–H groups in total. The molecule has 2 heteroatoms. The van der Waals surface area contributed by atoms with Crippen molar-refractivity contribution < 1.29 is 20.1 Å². The molecule has 1 aromatic heterocycles. The Bertz CT molecular complexity index is 4160. The summed E-state index contributed by atoms with van der Waals surface area (Å²) in [7, 11) is 0. The van der Waals surface area contributed by atoms with E-state index >= 15 is 0 Å². The van der Waals surface area contributed by atoms with Gasteiger partial charge < -0.3 is 0 Å². The third-order valence-electron chi connectivity index (χ3n) is 19.4. The van der Waals surface area contributed by atoms with Crippen molar-refractivity contribution >= 4 is 10.9 Å². The topological polar surface area (TPSA) is 12.9 Å². The Labute approximate surface area is 519 Å². The maximum absolute atomic E-state index is 5.94. The molecule has 1 spiro atoms. The number of fused-ring (bicyclic) bond motifs is 14. The van der Waals surface area contributed by atoms with Gasteiger partial charge in [0, 0.05) is 30.9 Å². The summed E-state index contributed by atoms with van der Waals surface area (Å²) in [5, 5.41) is 1.17. The van der Waals surface area contributed by atoms with E-state index in [1.165, 1.54) is 193 Å². The quantitative estimate of drug-likeness (QED) is 0.0547. The molecule has 0 fully saturated rings. The van der Waals surface area contributed by atoms with Crippen molar-refractivity contribution in [1.82, 2.24) is 4.98 Å². The van der Waals surface area contributed by atoms with Gasteiger partial charge in [-0.2, -0.15) is 0 Å². The molecule has 0 bridgehead atoms. The molecule has 1 unspecified atom stereocenters. The minimum Gasteiger partial charge on any atom is -0.296 e. The van der Waals surface area contributed by atoms with E-state index in [2.05, 4.69) is 251 Å². The van der Waals surface area contributed by atoms with Crippen molar-refractivity contribution in [1.29, 1.82) is 0 Å². The zero-order chi connectivity index (χ0) is 56.6. The van der Waals surface area contributed by atoms with Crippen molar-refractivity contribution in [2.75, 3.05) is 0 Å². The zero-order valence-corrected chi connectivity index (χ0v) is 52.1. The molecule has 0 saturated carbocycles. The first-order valence-electron chi connectivity index (χ1n) is 31.9. The largest absolute Gasteiger partial charge is 0.296 e. The van der Waals surface area contributed by atoms with Crippen molar-refractivity contribution in [2.24, 2.45) is 0 Å². The van der Waals surface area contributed by atoms with E-state index in [1.54, 1.807) is 0 Å². The Morgan fingerprint density at radius 1 is 0.365 bits per heavy atom. The van der Waals surface area contributed by atoms with Gasteiger partial charge >= 0.3 is 0 Å². The summed E-state index contributed by atoms with van der Waals surface area (Å²) < 4.78 is 0. The third-order valence-corrected chi connectivity index (χ3v) is 19.4. The van der Waals surface area contributed by atoms with E-state index < -0.39 is 5.41 Å². The number of hydrogen-bond donors (Lipinski definition) is 0. The van der Waals surface area contributed by atoms with Gasteiger partial charge in [0.1, 0.15) is 0 Å². The smallest absolute Gasteiger partial charge is 0.0605 e. The predicted molar refractivity (Wildman–Crippen MR) is 355 cm³/mol. The first-order chi connectivity index (χ1) is 41.5. The molecule has 1 heterocycles. The number of pyridine rings is 1. The van der Waals surface area contributed by atoms with Crippen LogP contribution in [-0.4, -0.2) is 4.98 Å². The molecule has 10 aromatic carbocycles. The second-order valence-corrected chi connectivity index (χ2v) is 24.4. The van der Waals surface area contributed by atoms with Crippen molar-refractivity contribution in [2.45, 2.75) is 128 Å². The zero-order valence-electron chi connectivity index (χ0n) is 49.7. The third kappa shape index (κ3) is 9.79. The number of aryl methyl sites for hydroxylation is 2. The van der Waals surface area contributed by atoms with Crippen LogP contribution < -0.4 is 0 Å². The Hall–Kier alpha value is -7.74. The minimum atomic E-state index is -0.478. The van der Waals surface area contributed by atoms with E-state index in [1.807, 2.05) is 0 Å². The summed E-state index contributed by atoms with van der Waals surface area (Å²) >= 11 is 0. The first-order valence-corrected chi connectivity index (χ1v) is 31.9. The second-order valence-electron chi connectivity index (χ2n) is 24.4. The molecule has 423 valence electrons. The first kappa shape index (κ1) is 56.4. The van der Waals surface area contributed by atoms with E-state index in [4.69, 9.17) is 4.98 Å². The van der Waals surface area contributed by atoms with Gasteiger partial charge in [-0.15, -0.1) is 29.3 Å². The predicted octanol–water partition coefficient (Wildman–Crippen LogP) is 22.6. The van der Waals surface area contributed by atoms with Crippen LogP contribution >= 0.6 is 0 Å².